The number of imidazole rings is 1. The molecule has 3 aliphatic heterocycles. The number of nitrogens with one attached hydrogen (secondary N) is 7. The monoisotopic (exact) mass is 1350 g/mol. The van der Waals surface area contributed by atoms with Crippen LogP contribution in [0.4, 0.5) is 5.82 Å². The van der Waals surface area contributed by atoms with Crippen LogP contribution in [0.1, 0.15) is 108 Å². The maximum absolute atomic E-state index is 14.1. The number of fused-ring (bicyclic) bond motifs is 1. The maximum Gasteiger partial charge on any atom is 0.695 e. The number of unbranched alkanes of at least 4 members (excludes halogenated alkanes) is 4. The summed E-state index contributed by atoms with van der Waals surface area (Å²) in [4.78, 5) is 160. The van der Waals surface area contributed by atoms with Crippen molar-refractivity contribution in [1.82, 2.24) is 61.6 Å². The van der Waals surface area contributed by atoms with Gasteiger partial charge in [0.25, 0.3) is 0 Å². The molecule has 9 amide bonds. The number of carboxylic acids is 1. The van der Waals surface area contributed by atoms with Gasteiger partial charge in [-0.3, -0.25) is 62.4 Å². The second kappa shape index (κ2) is 36.6. The predicted molar refractivity (Wildman–Crippen MR) is 338 cm³/mol. The number of anilines is 1. The smallest absolute Gasteiger partial charge is 0.481 e. The van der Waals surface area contributed by atoms with E-state index in [1.807, 2.05) is 0 Å². The highest BCUT2D eigenvalue weighted by Gasteiger charge is 2.52. The fourth-order valence-electron chi connectivity index (χ4n) is 11.5. The van der Waals surface area contributed by atoms with Crippen molar-refractivity contribution < 1.29 is 81.6 Å². The Morgan fingerprint density at radius 2 is 1.49 bits per heavy atom. The molecule has 4 unspecified atom stereocenters. The van der Waals surface area contributed by atoms with E-state index in [1.54, 1.807) is 34.9 Å². The van der Waals surface area contributed by atoms with Gasteiger partial charge in [0.1, 0.15) is 48.2 Å². The van der Waals surface area contributed by atoms with Crippen LogP contribution < -0.4 is 60.2 Å². The van der Waals surface area contributed by atoms with E-state index in [0.717, 1.165) is 24.6 Å². The molecule has 3 saturated heterocycles. The minimum Gasteiger partial charge on any atom is -0.481 e. The average molecular weight is 1360 g/mol. The highest BCUT2D eigenvalue weighted by molar-refractivity contribution is 8.00. The number of carbonyl (C=O) groups is 10. The zero-order valence-corrected chi connectivity index (χ0v) is 53.6. The summed E-state index contributed by atoms with van der Waals surface area (Å²) in [6.07, 6.45) is 3.72. The number of aromatic nitrogens is 4. The highest BCUT2D eigenvalue weighted by Crippen LogP contribution is 2.39. The normalized spacial score (nSPS) is 25.2. The van der Waals surface area contributed by atoms with Crippen molar-refractivity contribution in [1.29, 1.82) is 0 Å². The molecule has 1 saturated carbocycles. The summed E-state index contributed by atoms with van der Waals surface area (Å²) in [5.74, 6) is -7.30. The second-order valence-corrected chi connectivity index (χ2v) is 25.3. The molecule has 5 heterocycles. The number of rotatable bonds is 32. The molecule has 4 aliphatic rings. The fourth-order valence-corrected chi connectivity index (χ4v) is 13.1. The second-order valence-electron chi connectivity index (χ2n) is 23.4. The van der Waals surface area contributed by atoms with E-state index in [4.69, 9.17) is 36.9 Å². The zero-order chi connectivity index (χ0) is 67.8. The van der Waals surface area contributed by atoms with Crippen molar-refractivity contribution in [3.8, 4) is 0 Å². The van der Waals surface area contributed by atoms with Gasteiger partial charge in [0.2, 0.25) is 53.2 Å². The van der Waals surface area contributed by atoms with Crippen LogP contribution in [0.3, 0.4) is 0 Å². The minimum atomic E-state index is -3.06. The molecule has 1 aliphatic carbocycles. The molecule has 2 aromatic heterocycles. The lowest BCUT2D eigenvalue weighted by Gasteiger charge is -2.30. The Hall–Kier alpha value is -8.05. The quantitative estimate of drug-likeness (QED) is 0.0101. The number of nitrogens with zero attached hydrogens (tertiary/aromatic N) is 6. The molecular formula is C58H85N17O17PS+. The molecule has 1 aromatic carbocycles. The standard InChI is InChI=1S/C58H84N17O17PS/c59-35(51(82)64-20-8-6-13-37-53(84)71-36(14-10-21-65-58(61)62)52(83)66-26-42(77)70-39(24-44(79)80)55(86)73-38(54(85)72-37)23-32-11-4-3-5-12-32)29-94-41-25-43(78)74(56(41)87)27-33-15-17-34(18-16-33)50(81)63-19-7-1-2-9-22-90-47-46(92-93(88)89)40(28-76)91-57(47)75-31-69-45-48(60)67-30-68-49(45)75/h3-5,11-12,30-31,33-41,46-47,57,76H,1-2,6-10,13-29,59H2,(H14-,60,61,62,63,64,65,66,67,68,70,71,72,73,77,79,80,81,82,83,84,85,86,88,89)/p+1/t33?,34?,35-,36-,37-,38+,39-,40-,41?,46?,47?,57-/m1/s1. The van der Waals surface area contributed by atoms with Crippen molar-refractivity contribution >= 4 is 102 Å². The SMILES string of the molecule is NC(N)=NCCC[C@H]1NC(=O)[C@@H](CCCCNC(=O)[C@H](N)CSC2CC(=O)N(CC3CCC(C(=O)NCCCCCCOC4C(O[P+](=O)O)[C@@H](CO)O[C@H]4n4cnc5c(N)ncnc54)CC3)C2=O)NC(=O)[C@H](Cc2ccccc2)NC(=O)[C@@H](CC(=O)O)NC(=O)CNC1=O. The first kappa shape index (κ1) is 73.4. The summed E-state index contributed by atoms with van der Waals surface area (Å²) < 4.78 is 30.7. The number of aliphatic hydroxyl groups is 1. The average Bonchev–Trinajstić information content (AvgIpc) is 1.62. The minimum absolute atomic E-state index is 0.00731. The number of benzene rings is 1. The van der Waals surface area contributed by atoms with Crippen LogP contribution in [0.25, 0.3) is 11.2 Å². The van der Waals surface area contributed by atoms with Gasteiger partial charge in [0, 0.05) is 61.9 Å². The predicted octanol–water partition coefficient (Wildman–Crippen LogP) is -2.48. The number of nitrogen functional groups attached to an aromatic ring is 1. The number of carbonyl (C=O) groups excluding carboxylic acids is 9. The van der Waals surface area contributed by atoms with Gasteiger partial charge in [-0.15, -0.1) is 21.2 Å². The van der Waals surface area contributed by atoms with Crippen molar-refractivity contribution in [3.05, 3.63) is 48.5 Å². The molecule has 7 rings (SSSR count). The van der Waals surface area contributed by atoms with Crippen LogP contribution in [-0.4, -0.2) is 210 Å². The highest BCUT2D eigenvalue weighted by atomic mass is 32.2. The summed E-state index contributed by atoms with van der Waals surface area (Å²) >= 11 is 1.11. The van der Waals surface area contributed by atoms with E-state index in [1.165, 1.54) is 17.6 Å². The number of likely N-dealkylation sites (tertiary alicyclic amines) is 1. The molecule has 0 spiro atoms. The Labute approximate surface area is 546 Å². The molecule has 94 heavy (non-hydrogen) atoms. The van der Waals surface area contributed by atoms with Gasteiger partial charge in [-0.2, -0.15) is 0 Å². The van der Waals surface area contributed by atoms with Gasteiger partial charge in [0.15, 0.2) is 29.8 Å². The molecule has 0 radical (unpaired) electrons. The first-order chi connectivity index (χ1) is 45.1. The number of aliphatic carboxylic acids is 1. The summed E-state index contributed by atoms with van der Waals surface area (Å²) in [6, 6.07) is 1.86. The Bertz CT molecular complexity index is 3180. The number of hydrogen-bond acceptors (Lipinski definition) is 22. The van der Waals surface area contributed by atoms with E-state index < -0.39 is 129 Å². The Morgan fingerprint density at radius 3 is 2.20 bits per heavy atom. The van der Waals surface area contributed by atoms with E-state index >= 15 is 0 Å². The summed E-state index contributed by atoms with van der Waals surface area (Å²) in [5.41, 5.74) is 24.4. The number of ether oxygens (including phenoxy) is 2. The molecule has 18 N–H and O–H groups in total. The number of aliphatic imine (C=N–C) groups is 1. The fraction of sp³-hybridized carbons (Fsp3) is 0.621. The van der Waals surface area contributed by atoms with Gasteiger partial charge in [0.05, 0.1) is 37.2 Å². The lowest BCUT2D eigenvalue weighted by atomic mass is 9.81. The summed E-state index contributed by atoms with van der Waals surface area (Å²) in [7, 11) is -3.06. The molecule has 34 nitrogen and oxygen atoms in total. The van der Waals surface area contributed by atoms with Crippen LogP contribution in [0.2, 0.25) is 0 Å². The molecule has 36 heteroatoms. The van der Waals surface area contributed by atoms with Crippen molar-refractivity contribution in [3.63, 3.8) is 0 Å². The van der Waals surface area contributed by atoms with Crippen LogP contribution >= 0.6 is 20.0 Å². The molecule has 0 bridgehead atoms. The van der Waals surface area contributed by atoms with Crippen LogP contribution in [0.5, 0.6) is 0 Å². The lowest BCUT2D eigenvalue weighted by Crippen LogP contribution is -2.58. The number of guanidine groups is 1. The summed E-state index contributed by atoms with van der Waals surface area (Å²) in [5, 5.41) is 37.2. The molecule has 4 fully saturated rings. The third-order valence-corrected chi connectivity index (χ3v) is 18.2. The largest absolute Gasteiger partial charge is 0.695 e. The number of thioether (sulfide) groups is 1. The van der Waals surface area contributed by atoms with Gasteiger partial charge in [-0.1, -0.05) is 43.2 Å². The first-order valence-electron chi connectivity index (χ1n) is 31.3. The van der Waals surface area contributed by atoms with Crippen molar-refractivity contribution in [2.75, 3.05) is 57.4 Å². The number of imide groups is 1. The molecule has 11 atom stereocenters. The number of amides is 9. The van der Waals surface area contributed by atoms with Crippen LogP contribution in [0.15, 0.2) is 48.0 Å². The van der Waals surface area contributed by atoms with Gasteiger partial charge in [-0.05, 0) is 82.1 Å². The zero-order valence-electron chi connectivity index (χ0n) is 51.8. The topological polar surface area (TPSA) is 524 Å². The van der Waals surface area contributed by atoms with Crippen molar-refractivity contribution in [2.24, 2.45) is 34.0 Å². The Morgan fingerprint density at radius 1 is 0.819 bits per heavy atom. The molecule has 514 valence electrons. The lowest BCUT2D eigenvalue weighted by molar-refractivity contribution is -0.141. The van der Waals surface area contributed by atoms with E-state index in [-0.39, 0.29) is 118 Å². The number of nitrogens with two attached hydrogens (primary N) is 4. The first-order valence-corrected chi connectivity index (χ1v) is 33.5. The summed E-state index contributed by atoms with van der Waals surface area (Å²) in [6.45, 7) is -0.127. The van der Waals surface area contributed by atoms with Gasteiger partial charge < -0.3 is 79.8 Å². The van der Waals surface area contributed by atoms with Gasteiger partial charge in [-0.25, -0.2) is 15.0 Å². The number of carboxylic acid groups (broad SMARTS) is 1. The van der Waals surface area contributed by atoms with Crippen LogP contribution in [0, 0.1) is 11.8 Å². The number of hydrogen-bond donors (Lipinski definition) is 14. The molecular weight excluding hydrogens is 1270 g/mol. The Kier molecular flexibility index (Phi) is 28.5. The molecule has 3 aromatic rings. The maximum atomic E-state index is 14.1. The number of aliphatic hydroxyl groups excluding tert-OH is 1. The third-order valence-electron chi connectivity index (χ3n) is 16.5. The Balaban J connectivity index is 0.813. The van der Waals surface area contributed by atoms with E-state index in [2.05, 4.69) is 57.2 Å². The van der Waals surface area contributed by atoms with E-state index in [9.17, 15) is 67.6 Å². The van der Waals surface area contributed by atoms with E-state index in [0.29, 0.717) is 61.8 Å². The van der Waals surface area contributed by atoms with Gasteiger partial charge >= 0.3 is 14.2 Å². The van der Waals surface area contributed by atoms with Crippen LogP contribution in [-0.2, 0) is 72.9 Å². The third kappa shape index (κ3) is 21.8. The van der Waals surface area contributed by atoms with Crippen molar-refractivity contribution in [2.45, 2.75) is 163 Å².